The summed E-state index contributed by atoms with van der Waals surface area (Å²) in [5.74, 6) is -2.52. The lowest BCUT2D eigenvalue weighted by molar-refractivity contribution is 0.405. The zero-order valence-electron chi connectivity index (χ0n) is 36.8. The van der Waals surface area contributed by atoms with Crippen molar-refractivity contribution >= 4 is 68.1 Å². The van der Waals surface area contributed by atoms with Gasteiger partial charge < -0.3 is 20.4 Å². The molecule has 8 aromatic rings. The van der Waals surface area contributed by atoms with Gasteiger partial charge in [0.2, 0.25) is 0 Å². The Kier molecular flexibility index (Phi) is 16.8. The molecule has 0 aliphatic rings. The number of hydrogen-bond donors (Lipinski definition) is 8. The summed E-state index contributed by atoms with van der Waals surface area (Å²) in [6.07, 6.45) is 10.7. The first-order chi connectivity index (χ1) is 33.6. The Labute approximate surface area is 404 Å². The first-order valence-corrected chi connectivity index (χ1v) is 23.8. The molecule has 16 heteroatoms. The van der Waals surface area contributed by atoms with Crippen molar-refractivity contribution in [2.75, 3.05) is 0 Å². The molecule has 0 fully saturated rings. The zero-order chi connectivity index (χ0) is 50.3. The summed E-state index contributed by atoms with van der Waals surface area (Å²) in [5.41, 5.74) is 18.5. The van der Waals surface area contributed by atoms with Crippen LogP contribution in [-0.4, -0.2) is 46.4 Å². The van der Waals surface area contributed by atoms with Crippen LogP contribution in [0.5, 0.6) is 23.0 Å². The van der Waals surface area contributed by atoms with E-state index in [-0.39, 0.29) is 44.8 Å². The van der Waals surface area contributed by atoms with Gasteiger partial charge in [0.25, 0.3) is 20.2 Å². The minimum absolute atomic E-state index is 0.0383. The van der Waals surface area contributed by atoms with Crippen molar-refractivity contribution in [3.05, 3.63) is 215 Å². The van der Waals surface area contributed by atoms with E-state index in [1.165, 1.54) is 58.7 Å². The second-order valence-corrected chi connectivity index (χ2v) is 17.8. The van der Waals surface area contributed by atoms with Gasteiger partial charge in [-0.2, -0.15) is 27.1 Å². The summed E-state index contributed by atoms with van der Waals surface area (Å²) in [7, 11) is -9.86. The summed E-state index contributed by atoms with van der Waals surface area (Å²) in [6, 6.07) is 52.7. The van der Waals surface area contributed by atoms with Crippen LogP contribution in [0.2, 0.25) is 0 Å². The van der Waals surface area contributed by atoms with Gasteiger partial charge in [0, 0.05) is 0 Å². The molecule has 0 atom stereocenters. The molecular weight excluding hydrogens is 929 g/mol. The van der Waals surface area contributed by atoms with Crippen LogP contribution in [0.4, 0.5) is 11.4 Å². The van der Waals surface area contributed by atoms with Crippen molar-refractivity contribution in [2.24, 2.45) is 10.2 Å². The van der Waals surface area contributed by atoms with Crippen molar-refractivity contribution < 1.29 is 46.4 Å². The summed E-state index contributed by atoms with van der Waals surface area (Å²) < 4.78 is 68.8. The molecule has 8 N–H and O–H groups in total. The fourth-order valence-corrected chi connectivity index (χ4v) is 8.24. The lowest BCUT2D eigenvalue weighted by Gasteiger charge is -2.12. The van der Waals surface area contributed by atoms with Crippen molar-refractivity contribution in [1.29, 1.82) is 11.1 Å². The van der Waals surface area contributed by atoms with E-state index in [4.69, 9.17) is 11.1 Å². The van der Waals surface area contributed by atoms with Crippen LogP contribution in [0.3, 0.4) is 0 Å². The molecule has 8 aromatic carbocycles. The minimum atomic E-state index is -4.93. The number of hydrogen-bond acceptors (Lipinski definition) is 12. The molecule has 70 heavy (non-hydrogen) atoms. The molecule has 0 aliphatic carbocycles. The Balaban J connectivity index is 0.000000230. The van der Waals surface area contributed by atoms with Crippen LogP contribution >= 0.6 is 0 Å². The summed E-state index contributed by atoms with van der Waals surface area (Å²) in [4.78, 5) is -1.38. The highest BCUT2D eigenvalue weighted by Gasteiger charge is 2.22. The van der Waals surface area contributed by atoms with Gasteiger partial charge in [-0.25, -0.2) is 11.1 Å². The quantitative estimate of drug-likeness (QED) is 0.0248. The van der Waals surface area contributed by atoms with E-state index in [0.717, 1.165) is 36.4 Å². The molecule has 0 heterocycles. The maximum Gasteiger partial charge on any atom is 0.295 e. The van der Waals surface area contributed by atoms with Gasteiger partial charge in [-0.1, -0.05) is 182 Å². The average Bonchev–Trinajstić information content (AvgIpc) is 3.37. The fraction of sp³-hybridized carbons (Fsp3) is 0. The smallest absolute Gasteiger partial charge is 0.295 e. The molecular formula is C54H44N4O10S2. The van der Waals surface area contributed by atoms with Gasteiger partial charge in [0.15, 0.2) is 23.0 Å². The largest absolute Gasteiger partial charge is 0.504 e. The SMILES string of the molecule is C(=Cc1ccccc1)c1ccccc1.C(=Cc1ccccc1)c1ccccc1.N=Nc1ccc(O)c(O)c1-c1ccc(C=Cc2ccc(-c3c(N=N)ccc(O)c3O)cc2S(=O)(=O)O)c(S(=O)(=O)O)c1. The van der Waals surface area contributed by atoms with Crippen LogP contribution in [0.15, 0.2) is 202 Å². The van der Waals surface area contributed by atoms with Crippen LogP contribution in [0.1, 0.15) is 33.4 Å². The molecule has 0 unspecified atom stereocenters. The van der Waals surface area contributed by atoms with Gasteiger partial charge in [0.1, 0.15) is 9.79 Å². The molecule has 0 amide bonds. The Morgan fingerprint density at radius 3 is 0.914 bits per heavy atom. The van der Waals surface area contributed by atoms with Crippen LogP contribution in [-0.2, 0) is 20.2 Å². The lowest BCUT2D eigenvalue weighted by atomic mass is 9.99. The molecule has 352 valence electrons. The predicted molar refractivity (Wildman–Crippen MR) is 272 cm³/mol. The monoisotopic (exact) mass is 972 g/mol. The van der Waals surface area contributed by atoms with E-state index in [1.807, 2.05) is 72.8 Å². The number of benzene rings is 8. The van der Waals surface area contributed by atoms with Crippen molar-refractivity contribution in [2.45, 2.75) is 9.79 Å². The van der Waals surface area contributed by atoms with Gasteiger partial charge in [-0.15, -0.1) is 0 Å². The van der Waals surface area contributed by atoms with Crippen LogP contribution in [0, 0.1) is 11.1 Å². The van der Waals surface area contributed by atoms with Crippen LogP contribution in [0.25, 0.3) is 58.7 Å². The number of nitrogens with zero attached hydrogens (tertiary/aromatic N) is 2. The Morgan fingerprint density at radius 2 is 0.657 bits per heavy atom. The molecule has 14 nitrogen and oxygen atoms in total. The van der Waals surface area contributed by atoms with Crippen molar-refractivity contribution in [3.63, 3.8) is 0 Å². The van der Waals surface area contributed by atoms with Gasteiger partial charge in [0.05, 0.1) is 22.5 Å². The lowest BCUT2D eigenvalue weighted by Crippen LogP contribution is -2.02. The zero-order valence-corrected chi connectivity index (χ0v) is 38.4. The molecule has 0 saturated carbocycles. The van der Waals surface area contributed by atoms with E-state index in [0.29, 0.717) is 0 Å². The molecule has 0 aliphatic heterocycles. The number of rotatable bonds is 12. The third-order valence-electron chi connectivity index (χ3n) is 10.2. The maximum absolute atomic E-state index is 12.2. The normalized spacial score (nSPS) is 11.4. The van der Waals surface area contributed by atoms with E-state index < -0.39 is 53.0 Å². The molecule has 8 rings (SSSR count). The maximum atomic E-state index is 12.2. The van der Waals surface area contributed by atoms with Crippen LogP contribution < -0.4 is 0 Å². The van der Waals surface area contributed by atoms with Crippen molar-refractivity contribution in [3.8, 4) is 45.3 Å². The van der Waals surface area contributed by atoms with Gasteiger partial charge in [-0.05, 0) is 80.9 Å². The van der Waals surface area contributed by atoms with Gasteiger partial charge in [-0.3, -0.25) is 9.11 Å². The number of aromatic hydroxyl groups is 4. The second-order valence-electron chi connectivity index (χ2n) is 15.0. The van der Waals surface area contributed by atoms with E-state index in [2.05, 4.69) is 83.1 Å². The first-order valence-electron chi connectivity index (χ1n) is 20.9. The highest BCUT2D eigenvalue weighted by molar-refractivity contribution is 7.86. The standard InChI is InChI=1S/C26H20N4O10S2.2C14H12/c27-29-17-7-9-19(31)25(33)23(17)15-5-3-13(21(11-15)41(35,36)37)1-2-14-4-6-16(12-22(14)42(38,39)40)24-18(30-28)8-10-20(32)26(24)34;2*1-3-7-13(8-4-1)11-12-14-9-5-2-6-10-14/h1-12,27-28,31-34H,(H,35,36,37)(H,38,39,40);2*1-12H. The Morgan fingerprint density at radius 1 is 0.371 bits per heavy atom. The highest BCUT2D eigenvalue weighted by atomic mass is 32.2. The van der Waals surface area contributed by atoms with Gasteiger partial charge >= 0.3 is 0 Å². The number of nitrogens with one attached hydrogen (secondary N) is 2. The number of phenols is 4. The van der Waals surface area contributed by atoms with E-state index in [1.54, 1.807) is 0 Å². The number of phenolic OH excluding ortho intramolecular Hbond substituents is 4. The Hall–Kier alpha value is -8.80. The third kappa shape index (κ3) is 13.4. The predicted octanol–water partition coefficient (Wildman–Crippen LogP) is 13.5. The first kappa shape index (κ1) is 50.6. The van der Waals surface area contributed by atoms with Crippen molar-refractivity contribution in [1.82, 2.24) is 0 Å². The molecule has 0 saturated heterocycles. The average molecular weight is 973 g/mol. The molecule has 0 radical (unpaired) electrons. The molecule has 0 aromatic heterocycles. The fourth-order valence-electron chi connectivity index (χ4n) is 6.82. The summed E-state index contributed by atoms with van der Waals surface area (Å²) >= 11 is 0. The van der Waals surface area contributed by atoms with E-state index in [9.17, 15) is 46.4 Å². The molecule has 0 bridgehead atoms. The second kappa shape index (κ2) is 23.3. The topological polar surface area (TPSA) is 262 Å². The Bertz CT molecular complexity index is 3130. The summed E-state index contributed by atoms with van der Waals surface area (Å²) in [6.45, 7) is 0. The third-order valence-corrected chi connectivity index (χ3v) is 12.1. The van der Waals surface area contributed by atoms with E-state index >= 15 is 0 Å². The highest BCUT2D eigenvalue weighted by Crippen LogP contribution is 2.45. The molecule has 0 spiro atoms. The summed E-state index contributed by atoms with van der Waals surface area (Å²) in [5, 5.41) is 46.9. The minimum Gasteiger partial charge on any atom is -0.504 e.